The van der Waals surface area contributed by atoms with Crippen LogP contribution in [-0.4, -0.2) is 11.8 Å². The van der Waals surface area contributed by atoms with E-state index < -0.39 is 22.9 Å². The molecule has 0 aliphatic carbocycles. The summed E-state index contributed by atoms with van der Waals surface area (Å²) in [6.07, 6.45) is -0.520. The van der Waals surface area contributed by atoms with Crippen LogP contribution in [0.4, 0.5) is 0 Å². The molecule has 0 saturated carbocycles. The molecule has 0 bridgehead atoms. The highest BCUT2D eigenvalue weighted by Crippen LogP contribution is 2.48. The van der Waals surface area contributed by atoms with Gasteiger partial charge >= 0.3 is 5.97 Å². The van der Waals surface area contributed by atoms with Gasteiger partial charge in [0.1, 0.15) is 11.5 Å². The number of hydrogen-bond acceptors (Lipinski definition) is 3. The summed E-state index contributed by atoms with van der Waals surface area (Å²) in [7, 11) is 0. The van der Waals surface area contributed by atoms with Crippen LogP contribution >= 0.6 is 22.6 Å². The number of esters is 1. The minimum absolute atomic E-state index is 0.0686. The second-order valence-corrected chi connectivity index (χ2v) is 7.14. The van der Waals surface area contributed by atoms with Crippen molar-refractivity contribution in [2.45, 2.75) is 33.8 Å². The Bertz CT molecular complexity index is 546. The Balaban J connectivity index is 2.52. The summed E-state index contributed by atoms with van der Waals surface area (Å²) in [5.41, 5.74) is -0.899. The van der Waals surface area contributed by atoms with Gasteiger partial charge in [0.25, 0.3) is 0 Å². The first-order chi connectivity index (χ1) is 8.69. The van der Waals surface area contributed by atoms with Crippen LogP contribution < -0.4 is 0 Å². The van der Waals surface area contributed by atoms with Crippen molar-refractivity contribution in [3.05, 3.63) is 33.4 Å². The maximum Gasteiger partial charge on any atom is 0.319 e. The molecule has 1 atom stereocenters. The van der Waals surface area contributed by atoms with Crippen LogP contribution in [0.15, 0.2) is 24.3 Å². The first-order valence-corrected chi connectivity index (χ1v) is 7.27. The van der Waals surface area contributed by atoms with Gasteiger partial charge in [-0.15, -0.1) is 0 Å². The second kappa shape index (κ2) is 4.58. The van der Waals surface area contributed by atoms with Crippen LogP contribution in [0, 0.1) is 14.4 Å². The van der Waals surface area contributed by atoms with E-state index in [0.29, 0.717) is 0 Å². The fourth-order valence-corrected chi connectivity index (χ4v) is 3.23. The molecular weight excluding hydrogens is 355 g/mol. The average molecular weight is 372 g/mol. The van der Waals surface area contributed by atoms with E-state index in [2.05, 4.69) is 22.6 Å². The topological polar surface area (TPSA) is 43.4 Å². The number of cyclic esters (lactones) is 1. The minimum Gasteiger partial charge on any atom is -0.456 e. The van der Waals surface area contributed by atoms with Crippen LogP contribution in [0.25, 0.3) is 0 Å². The summed E-state index contributed by atoms with van der Waals surface area (Å²) in [6.45, 7) is 6.95. The Kier molecular flexibility index (Phi) is 3.49. The summed E-state index contributed by atoms with van der Waals surface area (Å²) in [6, 6.07) is 7.68. The lowest BCUT2D eigenvalue weighted by Gasteiger charge is -2.43. The van der Waals surface area contributed by atoms with Crippen molar-refractivity contribution in [2.75, 3.05) is 0 Å². The number of Topliss-reactive ketones (excluding diaryl/α,β-unsaturated/α-hetero) is 1. The molecule has 1 aliphatic heterocycles. The van der Waals surface area contributed by atoms with Gasteiger partial charge in [-0.25, -0.2) is 0 Å². The van der Waals surface area contributed by atoms with Gasteiger partial charge in [0.15, 0.2) is 5.78 Å². The zero-order valence-electron chi connectivity index (χ0n) is 11.5. The summed E-state index contributed by atoms with van der Waals surface area (Å²) < 4.78 is 6.59. The van der Waals surface area contributed by atoms with E-state index in [9.17, 15) is 9.59 Å². The summed E-state index contributed by atoms with van der Waals surface area (Å²) in [4.78, 5) is 24.6. The van der Waals surface area contributed by atoms with Crippen LogP contribution in [0.2, 0.25) is 0 Å². The number of benzene rings is 1. The molecule has 4 heteroatoms. The van der Waals surface area contributed by atoms with E-state index in [1.165, 1.54) is 0 Å². The van der Waals surface area contributed by atoms with Crippen molar-refractivity contribution in [3.63, 3.8) is 0 Å². The summed E-state index contributed by atoms with van der Waals surface area (Å²) in [5, 5.41) is 0. The van der Waals surface area contributed by atoms with E-state index in [4.69, 9.17) is 4.74 Å². The largest absolute Gasteiger partial charge is 0.456 e. The third-order valence-corrected chi connectivity index (χ3v) is 4.71. The Morgan fingerprint density at radius 3 is 2.26 bits per heavy atom. The van der Waals surface area contributed by atoms with Crippen molar-refractivity contribution in [2.24, 2.45) is 10.8 Å². The number of ether oxygens (including phenoxy) is 1. The van der Waals surface area contributed by atoms with Gasteiger partial charge < -0.3 is 4.74 Å². The standard InChI is InChI=1S/C15H17IO3/c1-14(2)11(9-7-5-6-8-10(9)16)19-13(18)15(3,4)12(14)17/h5-8,11H,1-4H3/t11-/m0/s1. The number of hydrogen-bond donors (Lipinski definition) is 0. The van der Waals surface area contributed by atoms with Crippen molar-refractivity contribution in [1.82, 2.24) is 0 Å². The lowest BCUT2D eigenvalue weighted by molar-refractivity contribution is -0.186. The van der Waals surface area contributed by atoms with Gasteiger partial charge in [-0.2, -0.15) is 0 Å². The van der Waals surface area contributed by atoms with E-state index in [0.717, 1.165) is 9.13 Å². The molecule has 1 aromatic rings. The first-order valence-electron chi connectivity index (χ1n) is 6.19. The third-order valence-electron chi connectivity index (χ3n) is 3.73. The molecule has 1 aliphatic rings. The monoisotopic (exact) mass is 372 g/mol. The molecule has 3 nitrogen and oxygen atoms in total. The number of carbonyl (C=O) groups excluding carboxylic acids is 2. The van der Waals surface area contributed by atoms with E-state index >= 15 is 0 Å². The van der Waals surface area contributed by atoms with Gasteiger partial charge in [0, 0.05) is 9.13 Å². The molecule has 2 rings (SSSR count). The molecule has 1 heterocycles. The molecule has 1 fully saturated rings. The molecule has 0 spiro atoms. The van der Waals surface area contributed by atoms with Crippen molar-refractivity contribution in [1.29, 1.82) is 0 Å². The predicted octanol–water partition coefficient (Wildman–Crippen LogP) is 3.51. The number of ketones is 1. The number of rotatable bonds is 1. The lowest BCUT2D eigenvalue weighted by atomic mass is 9.67. The van der Waals surface area contributed by atoms with Crippen LogP contribution in [0.1, 0.15) is 39.4 Å². The molecule has 0 N–H and O–H groups in total. The highest BCUT2D eigenvalue weighted by atomic mass is 127. The smallest absolute Gasteiger partial charge is 0.319 e. The average Bonchev–Trinajstić information content (AvgIpc) is 2.34. The van der Waals surface area contributed by atoms with E-state index in [1.54, 1.807) is 13.8 Å². The first kappa shape index (κ1) is 14.5. The molecular formula is C15H17IO3. The fraction of sp³-hybridized carbons (Fsp3) is 0.467. The van der Waals surface area contributed by atoms with Crippen LogP contribution in [0.5, 0.6) is 0 Å². The second-order valence-electron chi connectivity index (χ2n) is 5.98. The van der Waals surface area contributed by atoms with E-state index in [1.807, 2.05) is 38.1 Å². The van der Waals surface area contributed by atoms with Crippen molar-refractivity contribution in [3.8, 4) is 0 Å². The van der Waals surface area contributed by atoms with Crippen molar-refractivity contribution < 1.29 is 14.3 Å². The molecule has 0 aromatic heterocycles. The molecule has 102 valence electrons. The molecule has 0 radical (unpaired) electrons. The maximum absolute atomic E-state index is 12.6. The fourth-order valence-electron chi connectivity index (χ4n) is 2.56. The Labute approximate surface area is 126 Å². The highest BCUT2D eigenvalue weighted by molar-refractivity contribution is 14.1. The van der Waals surface area contributed by atoms with Gasteiger partial charge in [-0.1, -0.05) is 18.2 Å². The number of carbonyl (C=O) groups is 2. The van der Waals surface area contributed by atoms with Crippen molar-refractivity contribution >= 4 is 34.3 Å². The van der Waals surface area contributed by atoms with E-state index in [-0.39, 0.29) is 5.78 Å². The zero-order valence-corrected chi connectivity index (χ0v) is 13.6. The highest BCUT2D eigenvalue weighted by Gasteiger charge is 2.55. The minimum atomic E-state index is -1.07. The SMILES string of the molecule is CC1(C)C(=O)O[C@@H](c2ccccc2I)C(C)(C)C1=O. The normalized spacial score (nSPS) is 25.0. The van der Waals surface area contributed by atoms with Gasteiger partial charge in [0.2, 0.25) is 0 Å². The predicted molar refractivity (Wildman–Crippen MR) is 80.6 cm³/mol. The molecule has 0 amide bonds. The molecule has 1 aromatic carbocycles. The Morgan fingerprint density at radius 2 is 1.68 bits per heavy atom. The third kappa shape index (κ3) is 2.20. The Hall–Kier alpha value is -0.910. The maximum atomic E-state index is 12.6. The number of halogens is 1. The molecule has 0 unspecified atom stereocenters. The molecule has 19 heavy (non-hydrogen) atoms. The summed E-state index contributed by atoms with van der Waals surface area (Å²) in [5.74, 6) is -0.512. The quantitative estimate of drug-likeness (QED) is 0.431. The summed E-state index contributed by atoms with van der Waals surface area (Å²) >= 11 is 2.20. The van der Waals surface area contributed by atoms with Crippen LogP contribution in [-0.2, 0) is 14.3 Å². The van der Waals surface area contributed by atoms with Gasteiger partial charge in [-0.3, -0.25) is 9.59 Å². The van der Waals surface area contributed by atoms with Gasteiger partial charge in [-0.05, 0) is 56.4 Å². The molecule has 1 saturated heterocycles. The lowest BCUT2D eigenvalue weighted by Crippen LogP contribution is -2.52. The Morgan fingerprint density at radius 1 is 1.11 bits per heavy atom. The zero-order chi connectivity index (χ0) is 14.4. The van der Waals surface area contributed by atoms with Crippen LogP contribution in [0.3, 0.4) is 0 Å². The van der Waals surface area contributed by atoms with Gasteiger partial charge in [0.05, 0.1) is 5.41 Å².